The largest absolute Gasteiger partial charge is 0.479 e. The molecule has 3 rings (SSSR count). The van der Waals surface area contributed by atoms with Crippen molar-refractivity contribution in [2.45, 2.75) is 13.0 Å². The van der Waals surface area contributed by atoms with E-state index < -0.39 is 6.10 Å². The van der Waals surface area contributed by atoms with E-state index in [0.29, 0.717) is 17.1 Å². The monoisotopic (exact) mass is 392 g/mol. The molecule has 1 aliphatic heterocycles. The van der Waals surface area contributed by atoms with E-state index in [1.54, 1.807) is 42.5 Å². The molecule has 1 aliphatic rings. The van der Waals surface area contributed by atoms with Crippen molar-refractivity contribution >= 4 is 56.5 Å². The first-order valence-corrected chi connectivity index (χ1v) is 8.48. The lowest BCUT2D eigenvalue weighted by atomic mass is 10.2. The predicted octanol–water partition coefficient (Wildman–Crippen LogP) is 3.88. The molecule has 2 aromatic rings. The Bertz CT molecular complexity index is 800. The molecular formula is C16H13BrN2O3S. The van der Waals surface area contributed by atoms with Gasteiger partial charge in [0.25, 0.3) is 5.91 Å². The predicted molar refractivity (Wildman–Crippen MR) is 94.8 cm³/mol. The van der Waals surface area contributed by atoms with Gasteiger partial charge in [0, 0.05) is 16.6 Å². The molecule has 0 saturated heterocycles. The number of amides is 2. The van der Waals surface area contributed by atoms with E-state index in [1.165, 1.54) is 6.08 Å². The number of carbonyl (C=O) groups is 2. The second kappa shape index (κ2) is 6.55. The van der Waals surface area contributed by atoms with E-state index in [2.05, 4.69) is 26.6 Å². The van der Waals surface area contributed by atoms with Crippen molar-refractivity contribution in [2.75, 3.05) is 10.6 Å². The highest BCUT2D eigenvalue weighted by Gasteiger charge is 2.23. The average molecular weight is 393 g/mol. The lowest BCUT2D eigenvalue weighted by Crippen LogP contribution is -2.34. The van der Waals surface area contributed by atoms with Crippen molar-refractivity contribution in [1.29, 1.82) is 0 Å². The molecule has 0 fully saturated rings. The smallest absolute Gasteiger partial charge is 0.265 e. The summed E-state index contributed by atoms with van der Waals surface area (Å²) < 4.78 is 6.48. The quantitative estimate of drug-likeness (QED) is 0.778. The fourth-order valence-electron chi connectivity index (χ4n) is 2.05. The summed E-state index contributed by atoms with van der Waals surface area (Å²) in [6.07, 6.45) is 2.70. The van der Waals surface area contributed by atoms with Gasteiger partial charge in [-0.15, -0.1) is 11.3 Å². The molecule has 0 spiro atoms. The van der Waals surface area contributed by atoms with Gasteiger partial charge in [-0.25, -0.2) is 0 Å². The number of hydrogen-bond acceptors (Lipinski definition) is 4. The molecule has 0 saturated carbocycles. The first kappa shape index (κ1) is 15.8. The number of nitrogens with one attached hydrogen (secondary N) is 2. The second-order valence-electron chi connectivity index (χ2n) is 4.92. The Labute approximate surface area is 145 Å². The van der Waals surface area contributed by atoms with Crippen LogP contribution < -0.4 is 15.4 Å². The Kier molecular flexibility index (Phi) is 4.49. The van der Waals surface area contributed by atoms with Crippen LogP contribution in [0.5, 0.6) is 5.75 Å². The first-order chi connectivity index (χ1) is 11.0. The topological polar surface area (TPSA) is 67.4 Å². The van der Waals surface area contributed by atoms with Gasteiger partial charge in [0.15, 0.2) is 6.10 Å². The molecule has 5 nitrogen and oxygen atoms in total. The fraction of sp³-hybridized carbons (Fsp3) is 0.125. The van der Waals surface area contributed by atoms with Crippen LogP contribution in [0.25, 0.3) is 6.08 Å². The Hall–Kier alpha value is -2.12. The molecule has 1 aromatic heterocycles. The highest BCUT2D eigenvalue weighted by molar-refractivity contribution is 9.11. The van der Waals surface area contributed by atoms with E-state index >= 15 is 0 Å². The summed E-state index contributed by atoms with van der Waals surface area (Å²) in [5.74, 6) is 0.143. The number of carbonyl (C=O) groups excluding carboxylic acids is 2. The van der Waals surface area contributed by atoms with Crippen LogP contribution in [0.3, 0.4) is 0 Å². The zero-order valence-corrected chi connectivity index (χ0v) is 14.5. The van der Waals surface area contributed by atoms with E-state index in [1.807, 2.05) is 12.1 Å². The number of thiophene rings is 1. The third-order valence-corrected chi connectivity index (χ3v) is 4.76. The molecule has 0 unspecified atom stereocenters. The van der Waals surface area contributed by atoms with Crippen LogP contribution in [0.1, 0.15) is 11.8 Å². The molecule has 23 heavy (non-hydrogen) atoms. The normalized spacial score (nSPS) is 16.6. The van der Waals surface area contributed by atoms with Crippen molar-refractivity contribution in [1.82, 2.24) is 0 Å². The maximum atomic E-state index is 12.0. The molecule has 0 bridgehead atoms. The number of rotatable bonds is 3. The summed E-state index contributed by atoms with van der Waals surface area (Å²) >= 11 is 4.92. The zero-order chi connectivity index (χ0) is 16.4. The van der Waals surface area contributed by atoms with Crippen LogP contribution in [0.4, 0.5) is 11.4 Å². The maximum absolute atomic E-state index is 12.0. The van der Waals surface area contributed by atoms with Gasteiger partial charge in [0.2, 0.25) is 5.91 Å². The van der Waals surface area contributed by atoms with Crippen LogP contribution >= 0.6 is 27.3 Å². The number of fused-ring (bicyclic) bond motifs is 1. The number of hydrogen-bond donors (Lipinski definition) is 2. The van der Waals surface area contributed by atoms with Crippen LogP contribution in [-0.2, 0) is 9.59 Å². The van der Waals surface area contributed by atoms with Crippen molar-refractivity contribution in [3.05, 3.63) is 45.1 Å². The number of benzene rings is 1. The highest BCUT2D eigenvalue weighted by Crippen LogP contribution is 2.32. The average Bonchev–Trinajstić information content (AvgIpc) is 2.92. The highest BCUT2D eigenvalue weighted by atomic mass is 79.9. The molecule has 1 atom stereocenters. The first-order valence-electron chi connectivity index (χ1n) is 6.87. The second-order valence-corrected chi connectivity index (χ2v) is 7.42. The molecular weight excluding hydrogens is 380 g/mol. The molecule has 2 N–H and O–H groups in total. The SMILES string of the molecule is C[C@H]1Oc2ccc(NC(=O)/C=C/c3ccc(Br)s3)cc2NC1=O. The summed E-state index contributed by atoms with van der Waals surface area (Å²) in [7, 11) is 0. The van der Waals surface area contributed by atoms with Gasteiger partial charge in [-0.05, 0) is 59.3 Å². The Balaban J connectivity index is 1.68. The van der Waals surface area contributed by atoms with Crippen molar-refractivity contribution < 1.29 is 14.3 Å². The Morgan fingerprint density at radius 2 is 2.22 bits per heavy atom. The third kappa shape index (κ3) is 3.80. The molecule has 1 aromatic carbocycles. The minimum absolute atomic E-state index is 0.204. The molecule has 7 heteroatoms. The molecule has 118 valence electrons. The van der Waals surface area contributed by atoms with Gasteiger partial charge in [0.1, 0.15) is 5.75 Å². The van der Waals surface area contributed by atoms with E-state index in [0.717, 1.165) is 8.66 Å². The molecule has 2 amide bonds. The summed E-state index contributed by atoms with van der Waals surface area (Å²) in [6, 6.07) is 8.98. The van der Waals surface area contributed by atoms with Gasteiger partial charge in [0.05, 0.1) is 9.47 Å². The standard InChI is InChI=1S/C16H13BrN2O3S/c1-9-16(21)19-12-8-10(2-5-13(12)22-9)18-15(20)7-4-11-3-6-14(17)23-11/h2-9H,1H3,(H,18,20)(H,19,21)/b7-4+/t9-/m1/s1. The summed E-state index contributed by atoms with van der Waals surface area (Å²) in [5.41, 5.74) is 1.14. The zero-order valence-electron chi connectivity index (χ0n) is 12.1. The number of ether oxygens (including phenoxy) is 1. The van der Waals surface area contributed by atoms with Crippen molar-refractivity contribution in [3.63, 3.8) is 0 Å². The van der Waals surface area contributed by atoms with Crippen LogP contribution in [-0.4, -0.2) is 17.9 Å². The van der Waals surface area contributed by atoms with Gasteiger partial charge in [-0.2, -0.15) is 0 Å². The van der Waals surface area contributed by atoms with Gasteiger partial charge < -0.3 is 15.4 Å². The van der Waals surface area contributed by atoms with Crippen LogP contribution in [0.15, 0.2) is 40.2 Å². The van der Waals surface area contributed by atoms with Crippen LogP contribution in [0, 0.1) is 0 Å². The fourth-order valence-corrected chi connectivity index (χ4v) is 3.37. The minimum atomic E-state index is -0.518. The minimum Gasteiger partial charge on any atom is -0.479 e. The third-order valence-electron chi connectivity index (χ3n) is 3.17. The van der Waals surface area contributed by atoms with Gasteiger partial charge in [-0.1, -0.05) is 0 Å². The summed E-state index contributed by atoms with van der Waals surface area (Å²) in [4.78, 5) is 24.5. The summed E-state index contributed by atoms with van der Waals surface area (Å²) in [6.45, 7) is 1.68. The summed E-state index contributed by atoms with van der Waals surface area (Å²) in [5, 5.41) is 5.50. The Morgan fingerprint density at radius 3 is 2.96 bits per heavy atom. The van der Waals surface area contributed by atoms with E-state index in [4.69, 9.17) is 4.74 Å². The molecule has 0 radical (unpaired) electrons. The number of anilines is 2. The lowest BCUT2D eigenvalue weighted by molar-refractivity contribution is -0.122. The van der Waals surface area contributed by atoms with Crippen LogP contribution in [0.2, 0.25) is 0 Å². The lowest BCUT2D eigenvalue weighted by Gasteiger charge is -2.23. The van der Waals surface area contributed by atoms with E-state index in [9.17, 15) is 9.59 Å². The van der Waals surface area contributed by atoms with Gasteiger partial charge in [-0.3, -0.25) is 9.59 Å². The Morgan fingerprint density at radius 1 is 1.39 bits per heavy atom. The number of halogens is 1. The van der Waals surface area contributed by atoms with Gasteiger partial charge >= 0.3 is 0 Å². The maximum Gasteiger partial charge on any atom is 0.265 e. The molecule has 0 aliphatic carbocycles. The molecule has 2 heterocycles. The van der Waals surface area contributed by atoms with E-state index in [-0.39, 0.29) is 11.8 Å². The van der Waals surface area contributed by atoms with Crippen molar-refractivity contribution in [3.8, 4) is 5.75 Å². The van der Waals surface area contributed by atoms with Crippen molar-refractivity contribution in [2.24, 2.45) is 0 Å².